The molecule has 132 valence electrons. The van der Waals surface area contributed by atoms with Gasteiger partial charge in [0.1, 0.15) is 6.04 Å². The number of aliphatic carboxylic acids is 1. The summed E-state index contributed by atoms with van der Waals surface area (Å²) in [5, 5.41) is 10.6. The van der Waals surface area contributed by atoms with Gasteiger partial charge >= 0.3 is 5.97 Å². The van der Waals surface area contributed by atoms with Crippen LogP contribution in [0.25, 0.3) is 0 Å². The molecule has 0 bridgehead atoms. The highest BCUT2D eigenvalue weighted by Crippen LogP contribution is 2.37. The first-order valence-electron chi connectivity index (χ1n) is 8.38. The first-order chi connectivity index (χ1) is 11.9. The quantitative estimate of drug-likeness (QED) is 0.790. The summed E-state index contributed by atoms with van der Waals surface area (Å²) in [7, 11) is 0. The Bertz CT molecular complexity index is 786. The minimum atomic E-state index is -0.771. The average molecular weight is 378 g/mol. The van der Waals surface area contributed by atoms with E-state index < -0.39 is 12.0 Å². The fourth-order valence-electron chi connectivity index (χ4n) is 3.79. The third kappa shape index (κ3) is 3.84. The van der Waals surface area contributed by atoms with E-state index in [1.165, 1.54) is 0 Å². The maximum atomic E-state index is 11.7. The molecule has 1 heterocycles. The zero-order valence-electron chi connectivity index (χ0n) is 14.3. The fraction of sp³-hybridized carbons (Fsp3) is 0.350. The summed E-state index contributed by atoms with van der Waals surface area (Å²) in [6, 6.07) is 11.3. The van der Waals surface area contributed by atoms with Gasteiger partial charge in [-0.05, 0) is 49.9 Å². The number of hydrogen-bond donors (Lipinski definition) is 1. The summed E-state index contributed by atoms with van der Waals surface area (Å²) in [6.45, 7) is 4.86. The van der Waals surface area contributed by atoms with Crippen molar-refractivity contribution in [3.05, 3.63) is 68.7 Å². The summed E-state index contributed by atoms with van der Waals surface area (Å²) < 4.78 is 0. The molecule has 2 atom stereocenters. The maximum absolute atomic E-state index is 11.7. The molecule has 1 aliphatic rings. The van der Waals surface area contributed by atoms with Crippen molar-refractivity contribution in [3.8, 4) is 0 Å². The minimum Gasteiger partial charge on any atom is -0.480 e. The van der Waals surface area contributed by atoms with Gasteiger partial charge < -0.3 is 5.11 Å². The van der Waals surface area contributed by atoms with Crippen molar-refractivity contribution in [2.24, 2.45) is 0 Å². The van der Waals surface area contributed by atoms with Crippen molar-refractivity contribution in [2.45, 2.75) is 38.8 Å². The van der Waals surface area contributed by atoms with Gasteiger partial charge in [-0.3, -0.25) is 9.69 Å². The van der Waals surface area contributed by atoms with E-state index in [0.717, 1.165) is 35.2 Å². The molecule has 0 spiro atoms. The van der Waals surface area contributed by atoms with E-state index in [0.29, 0.717) is 16.5 Å². The number of carbonyl (C=O) groups is 1. The summed E-state index contributed by atoms with van der Waals surface area (Å²) in [5.74, 6) is -0.771. The molecule has 1 fully saturated rings. The highest BCUT2D eigenvalue weighted by atomic mass is 35.5. The largest absolute Gasteiger partial charge is 0.480 e. The molecule has 0 amide bonds. The van der Waals surface area contributed by atoms with Gasteiger partial charge in [-0.25, -0.2) is 0 Å². The molecule has 5 heteroatoms. The Labute approximate surface area is 158 Å². The predicted molar refractivity (Wildman–Crippen MR) is 102 cm³/mol. The van der Waals surface area contributed by atoms with Gasteiger partial charge in [-0.1, -0.05) is 58.6 Å². The van der Waals surface area contributed by atoms with E-state index >= 15 is 0 Å². The van der Waals surface area contributed by atoms with Gasteiger partial charge in [-0.15, -0.1) is 0 Å². The molecule has 0 aromatic heterocycles. The molecule has 0 aliphatic carbocycles. The summed E-state index contributed by atoms with van der Waals surface area (Å²) in [5.41, 5.74) is 4.37. The van der Waals surface area contributed by atoms with Crippen molar-refractivity contribution in [3.63, 3.8) is 0 Å². The predicted octanol–water partition coefficient (Wildman–Crippen LogP) is 5.25. The van der Waals surface area contributed by atoms with Gasteiger partial charge in [0.25, 0.3) is 0 Å². The molecule has 2 unspecified atom stereocenters. The molecular weight excluding hydrogens is 357 g/mol. The van der Waals surface area contributed by atoms with Crippen LogP contribution < -0.4 is 0 Å². The van der Waals surface area contributed by atoms with Crippen LogP contribution in [-0.2, 0) is 4.79 Å². The third-order valence-corrected chi connectivity index (χ3v) is 5.47. The standard InChI is InChI=1S/C20H21Cl2NO2/c1-12-8-13(2)10-15(9-12)19(14-5-6-16(21)17(22)11-14)23-7-3-4-18(23)20(24)25/h5-6,8-11,18-19H,3-4,7H2,1-2H3,(H,24,25). The number of likely N-dealkylation sites (tertiary alicyclic amines) is 1. The van der Waals surface area contributed by atoms with Crippen LogP contribution >= 0.6 is 23.2 Å². The van der Waals surface area contributed by atoms with Crippen LogP contribution in [0.15, 0.2) is 36.4 Å². The van der Waals surface area contributed by atoms with Crippen molar-refractivity contribution < 1.29 is 9.90 Å². The monoisotopic (exact) mass is 377 g/mol. The van der Waals surface area contributed by atoms with Gasteiger partial charge in [0, 0.05) is 6.54 Å². The lowest BCUT2D eigenvalue weighted by atomic mass is 9.93. The molecule has 0 saturated carbocycles. The second-order valence-corrected chi connectivity index (χ2v) is 7.55. The summed E-state index contributed by atoms with van der Waals surface area (Å²) in [4.78, 5) is 13.8. The number of carboxylic acids is 1. The first-order valence-corrected chi connectivity index (χ1v) is 9.14. The normalized spacial score (nSPS) is 19.1. The van der Waals surface area contributed by atoms with Crippen molar-refractivity contribution >= 4 is 29.2 Å². The zero-order chi connectivity index (χ0) is 18.1. The molecule has 25 heavy (non-hydrogen) atoms. The van der Waals surface area contributed by atoms with E-state index in [1.807, 2.05) is 12.1 Å². The zero-order valence-corrected chi connectivity index (χ0v) is 15.8. The fourth-order valence-corrected chi connectivity index (χ4v) is 4.10. The van der Waals surface area contributed by atoms with Crippen molar-refractivity contribution in [1.82, 2.24) is 4.90 Å². The Morgan fingerprint density at radius 3 is 2.36 bits per heavy atom. The van der Waals surface area contributed by atoms with E-state index in [1.54, 1.807) is 6.07 Å². The van der Waals surface area contributed by atoms with Gasteiger partial charge in [0.15, 0.2) is 0 Å². The van der Waals surface area contributed by atoms with Crippen LogP contribution in [0.2, 0.25) is 10.0 Å². The molecule has 0 radical (unpaired) electrons. The van der Waals surface area contributed by atoms with E-state index in [9.17, 15) is 9.90 Å². The Kier molecular flexibility index (Phi) is 5.38. The third-order valence-electron chi connectivity index (χ3n) is 4.73. The Balaban J connectivity index is 2.13. The molecule has 3 rings (SSSR count). The summed E-state index contributed by atoms with van der Waals surface area (Å²) in [6.07, 6.45) is 1.54. The molecule has 1 aliphatic heterocycles. The lowest BCUT2D eigenvalue weighted by molar-refractivity contribution is -0.142. The number of rotatable bonds is 4. The molecule has 1 saturated heterocycles. The highest BCUT2D eigenvalue weighted by Gasteiger charge is 2.37. The Hall–Kier alpha value is -1.55. The Morgan fingerprint density at radius 2 is 1.76 bits per heavy atom. The number of halogens is 2. The second kappa shape index (κ2) is 7.36. The number of benzene rings is 2. The second-order valence-electron chi connectivity index (χ2n) is 6.73. The van der Waals surface area contributed by atoms with Crippen LogP contribution in [0.3, 0.4) is 0 Å². The maximum Gasteiger partial charge on any atom is 0.320 e. The molecule has 2 aromatic rings. The van der Waals surface area contributed by atoms with Crippen LogP contribution in [-0.4, -0.2) is 28.6 Å². The van der Waals surface area contributed by atoms with E-state index in [2.05, 4.69) is 36.9 Å². The lowest BCUT2D eigenvalue weighted by Gasteiger charge is -2.32. The number of carboxylic acid groups (broad SMARTS) is 1. The lowest BCUT2D eigenvalue weighted by Crippen LogP contribution is -2.39. The van der Waals surface area contributed by atoms with E-state index in [-0.39, 0.29) is 6.04 Å². The SMILES string of the molecule is Cc1cc(C)cc(C(c2ccc(Cl)c(Cl)c2)N2CCCC2C(=O)O)c1. The average Bonchev–Trinajstić information content (AvgIpc) is 2.99. The van der Waals surface area contributed by atoms with Crippen molar-refractivity contribution in [1.29, 1.82) is 0 Å². The number of hydrogen-bond acceptors (Lipinski definition) is 2. The van der Waals surface area contributed by atoms with Crippen LogP contribution in [0.5, 0.6) is 0 Å². The molecular formula is C20H21Cl2NO2. The van der Waals surface area contributed by atoms with Gasteiger partial charge in [-0.2, -0.15) is 0 Å². The topological polar surface area (TPSA) is 40.5 Å². The summed E-state index contributed by atoms with van der Waals surface area (Å²) >= 11 is 12.3. The molecule has 3 nitrogen and oxygen atoms in total. The smallest absolute Gasteiger partial charge is 0.320 e. The molecule has 2 aromatic carbocycles. The first kappa shape index (κ1) is 18.2. The highest BCUT2D eigenvalue weighted by molar-refractivity contribution is 6.42. The van der Waals surface area contributed by atoms with Gasteiger partial charge in [0.2, 0.25) is 0 Å². The van der Waals surface area contributed by atoms with Crippen molar-refractivity contribution in [2.75, 3.05) is 6.54 Å². The van der Waals surface area contributed by atoms with Crippen LogP contribution in [0.1, 0.15) is 41.1 Å². The van der Waals surface area contributed by atoms with E-state index in [4.69, 9.17) is 23.2 Å². The van der Waals surface area contributed by atoms with Crippen LogP contribution in [0.4, 0.5) is 0 Å². The van der Waals surface area contributed by atoms with Gasteiger partial charge in [0.05, 0.1) is 16.1 Å². The Morgan fingerprint density at radius 1 is 1.08 bits per heavy atom. The van der Waals surface area contributed by atoms with Crippen LogP contribution in [0, 0.1) is 13.8 Å². The minimum absolute atomic E-state index is 0.156. The molecule has 1 N–H and O–H groups in total. The number of nitrogens with zero attached hydrogens (tertiary/aromatic N) is 1. The number of aryl methyl sites for hydroxylation is 2.